The molecule has 0 radical (unpaired) electrons. The fourth-order valence-corrected chi connectivity index (χ4v) is 2.48. The molecule has 0 unspecified atom stereocenters. The molecule has 1 aliphatic rings. The summed E-state index contributed by atoms with van der Waals surface area (Å²) in [6, 6.07) is 6.49. The first-order valence-electron chi connectivity index (χ1n) is 6.73. The zero-order valence-corrected chi connectivity index (χ0v) is 12.6. The first-order chi connectivity index (χ1) is 10.5. The van der Waals surface area contributed by atoms with Crippen molar-refractivity contribution in [2.75, 3.05) is 11.9 Å². The number of amides is 2. The Morgan fingerprint density at radius 3 is 2.27 bits per heavy atom. The Morgan fingerprint density at radius 1 is 1.14 bits per heavy atom. The van der Waals surface area contributed by atoms with Gasteiger partial charge in [0.1, 0.15) is 0 Å². The van der Waals surface area contributed by atoms with E-state index in [9.17, 15) is 14.4 Å². The summed E-state index contributed by atoms with van der Waals surface area (Å²) < 4.78 is 4.88. The number of hydrogen-bond acceptors (Lipinski definition) is 5. The number of halogens is 1. The molecule has 0 bridgehead atoms. The van der Waals surface area contributed by atoms with Gasteiger partial charge in [-0.1, -0.05) is 11.6 Å². The summed E-state index contributed by atoms with van der Waals surface area (Å²) in [6.45, 7) is 1.83. The molecule has 0 aromatic heterocycles. The molecule has 0 spiro atoms. The molecule has 7 nitrogen and oxygen atoms in total. The van der Waals surface area contributed by atoms with E-state index in [1.807, 2.05) is 5.43 Å². The molecular formula is C14H16ClN3O4. The second-order valence-corrected chi connectivity index (χ2v) is 5.27. The molecule has 1 aromatic carbocycles. The number of carbonyl (C=O) groups excluding carboxylic acids is 3. The number of anilines is 1. The number of esters is 1. The van der Waals surface area contributed by atoms with Gasteiger partial charge in [0.25, 0.3) is 0 Å². The summed E-state index contributed by atoms with van der Waals surface area (Å²) >= 11 is 5.77. The first-order valence-corrected chi connectivity index (χ1v) is 7.11. The van der Waals surface area contributed by atoms with Crippen molar-refractivity contribution in [3.05, 3.63) is 29.3 Å². The molecule has 1 aromatic rings. The molecule has 1 saturated carbocycles. The van der Waals surface area contributed by atoms with E-state index in [0.29, 0.717) is 10.7 Å². The van der Waals surface area contributed by atoms with E-state index in [2.05, 4.69) is 5.32 Å². The number of hydrazine groups is 1. The van der Waals surface area contributed by atoms with Crippen LogP contribution in [-0.4, -0.2) is 24.4 Å². The van der Waals surface area contributed by atoms with Gasteiger partial charge in [-0.2, -0.15) is 0 Å². The summed E-state index contributed by atoms with van der Waals surface area (Å²) in [6.07, 6.45) is 0. The molecule has 1 aliphatic carbocycles. The third-order valence-electron chi connectivity index (χ3n) is 3.44. The normalized spacial score (nSPS) is 22.6. The van der Waals surface area contributed by atoms with E-state index in [4.69, 9.17) is 22.2 Å². The van der Waals surface area contributed by atoms with Gasteiger partial charge in [-0.05, 0) is 31.2 Å². The molecule has 8 heteroatoms. The second-order valence-electron chi connectivity index (χ2n) is 4.83. The van der Waals surface area contributed by atoms with Crippen LogP contribution >= 0.6 is 11.6 Å². The predicted molar refractivity (Wildman–Crippen MR) is 79.5 cm³/mol. The van der Waals surface area contributed by atoms with Gasteiger partial charge in [-0.25, -0.2) is 5.84 Å². The van der Waals surface area contributed by atoms with Crippen molar-refractivity contribution in [1.82, 2.24) is 5.43 Å². The number of nitrogens with one attached hydrogen (secondary N) is 2. The summed E-state index contributed by atoms with van der Waals surface area (Å²) in [5.74, 6) is 1.10. The van der Waals surface area contributed by atoms with Gasteiger partial charge in [0.2, 0.25) is 11.8 Å². The highest BCUT2D eigenvalue weighted by Crippen LogP contribution is 2.48. The Labute approximate surface area is 132 Å². The van der Waals surface area contributed by atoms with E-state index >= 15 is 0 Å². The predicted octanol–water partition coefficient (Wildman–Crippen LogP) is 0.694. The fraction of sp³-hybridized carbons (Fsp3) is 0.357. The number of nitrogens with two attached hydrogens (primary N) is 1. The average Bonchev–Trinajstić information content (AvgIpc) is 3.25. The largest absolute Gasteiger partial charge is 0.466 e. The van der Waals surface area contributed by atoms with Crippen LogP contribution < -0.4 is 16.6 Å². The van der Waals surface area contributed by atoms with Crippen LogP contribution in [-0.2, 0) is 19.1 Å². The van der Waals surface area contributed by atoms with Crippen LogP contribution in [0.1, 0.15) is 6.92 Å². The fourth-order valence-electron chi connectivity index (χ4n) is 2.35. The lowest BCUT2D eigenvalue weighted by Crippen LogP contribution is -2.33. The summed E-state index contributed by atoms with van der Waals surface area (Å²) in [5.41, 5.74) is 2.49. The van der Waals surface area contributed by atoms with Gasteiger partial charge in [0.15, 0.2) is 0 Å². The van der Waals surface area contributed by atoms with Crippen molar-refractivity contribution >= 4 is 35.1 Å². The monoisotopic (exact) mass is 325 g/mol. The lowest BCUT2D eigenvalue weighted by molar-refractivity contribution is -0.146. The highest BCUT2D eigenvalue weighted by molar-refractivity contribution is 6.30. The Kier molecular flexibility index (Phi) is 4.99. The number of hydrogen-bond donors (Lipinski definition) is 3. The number of rotatable bonds is 5. The van der Waals surface area contributed by atoms with E-state index < -0.39 is 35.5 Å². The topological polar surface area (TPSA) is 111 Å². The molecule has 2 amide bonds. The quantitative estimate of drug-likeness (QED) is 0.319. The molecule has 118 valence electrons. The molecule has 0 saturated heterocycles. The van der Waals surface area contributed by atoms with E-state index in [0.717, 1.165) is 0 Å². The third-order valence-corrected chi connectivity index (χ3v) is 3.69. The minimum Gasteiger partial charge on any atom is -0.466 e. The summed E-state index contributed by atoms with van der Waals surface area (Å²) in [5, 5.41) is 3.18. The standard InChI is InChI=1S/C14H16ClN3O4/c1-2-22-14(21)11-9(10(11)13(20)18-16)12(19)17-8-5-3-7(15)4-6-8/h3-6,9-11H,2,16H2,1H3,(H,17,19)(H,18,20)/t9-,10-,11+/m0/s1. The summed E-state index contributed by atoms with van der Waals surface area (Å²) in [4.78, 5) is 35.7. The van der Waals surface area contributed by atoms with Crippen LogP contribution in [0.4, 0.5) is 5.69 Å². The average molecular weight is 326 g/mol. The van der Waals surface area contributed by atoms with Crippen LogP contribution in [0.2, 0.25) is 5.02 Å². The maximum atomic E-state index is 12.2. The minimum atomic E-state index is -0.809. The van der Waals surface area contributed by atoms with Gasteiger partial charge < -0.3 is 10.1 Å². The highest BCUT2D eigenvalue weighted by atomic mass is 35.5. The van der Waals surface area contributed by atoms with Crippen molar-refractivity contribution in [2.45, 2.75) is 6.92 Å². The lowest BCUT2D eigenvalue weighted by Gasteiger charge is -2.05. The molecular weight excluding hydrogens is 310 g/mol. The van der Waals surface area contributed by atoms with Crippen LogP contribution in [0, 0.1) is 17.8 Å². The molecule has 1 fully saturated rings. The third kappa shape index (κ3) is 3.37. The Balaban J connectivity index is 2.07. The van der Waals surface area contributed by atoms with Crippen molar-refractivity contribution in [3.8, 4) is 0 Å². The number of carbonyl (C=O) groups is 3. The number of ether oxygens (including phenoxy) is 1. The van der Waals surface area contributed by atoms with Gasteiger partial charge >= 0.3 is 5.97 Å². The smallest absolute Gasteiger partial charge is 0.310 e. The SMILES string of the molecule is CCOC(=O)[C@H]1[C@@H](C(=O)NN)[C@@H]1C(=O)Nc1ccc(Cl)cc1. The van der Waals surface area contributed by atoms with E-state index in [1.54, 1.807) is 31.2 Å². The minimum absolute atomic E-state index is 0.178. The Morgan fingerprint density at radius 2 is 1.73 bits per heavy atom. The van der Waals surface area contributed by atoms with Crippen molar-refractivity contribution < 1.29 is 19.1 Å². The van der Waals surface area contributed by atoms with Crippen LogP contribution in [0.25, 0.3) is 0 Å². The maximum absolute atomic E-state index is 12.2. The van der Waals surface area contributed by atoms with Gasteiger partial charge in [-0.3, -0.25) is 19.8 Å². The molecule has 4 N–H and O–H groups in total. The zero-order valence-electron chi connectivity index (χ0n) is 11.8. The second kappa shape index (κ2) is 6.76. The van der Waals surface area contributed by atoms with Gasteiger partial charge in [-0.15, -0.1) is 0 Å². The van der Waals surface area contributed by atoms with Crippen LogP contribution in [0.15, 0.2) is 24.3 Å². The highest BCUT2D eigenvalue weighted by Gasteiger charge is 2.63. The number of benzene rings is 1. The van der Waals surface area contributed by atoms with Crippen molar-refractivity contribution in [3.63, 3.8) is 0 Å². The van der Waals surface area contributed by atoms with Crippen LogP contribution in [0.5, 0.6) is 0 Å². The zero-order chi connectivity index (χ0) is 16.3. The Bertz CT molecular complexity index is 590. The van der Waals surface area contributed by atoms with E-state index in [1.165, 1.54) is 0 Å². The van der Waals surface area contributed by atoms with E-state index in [-0.39, 0.29) is 6.61 Å². The Hall–Kier alpha value is -2.12. The van der Waals surface area contributed by atoms with Gasteiger partial charge in [0, 0.05) is 10.7 Å². The molecule has 0 heterocycles. The molecule has 0 aliphatic heterocycles. The lowest BCUT2D eigenvalue weighted by atomic mass is 10.2. The van der Waals surface area contributed by atoms with Crippen molar-refractivity contribution in [1.29, 1.82) is 0 Å². The molecule has 2 rings (SSSR count). The first kappa shape index (κ1) is 16.3. The summed E-state index contributed by atoms with van der Waals surface area (Å²) in [7, 11) is 0. The molecule has 22 heavy (non-hydrogen) atoms. The maximum Gasteiger partial charge on any atom is 0.310 e. The van der Waals surface area contributed by atoms with Crippen molar-refractivity contribution in [2.24, 2.45) is 23.6 Å². The molecule has 3 atom stereocenters. The van der Waals surface area contributed by atoms with Gasteiger partial charge in [0.05, 0.1) is 24.4 Å². The van der Waals surface area contributed by atoms with Crippen LogP contribution in [0.3, 0.4) is 0 Å².